The van der Waals surface area contributed by atoms with E-state index in [1.807, 2.05) is 13.0 Å². The zero-order valence-electron chi connectivity index (χ0n) is 11.6. The van der Waals surface area contributed by atoms with E-state index in [-0.39, 0.29) is 0 Å². The van der Waals surface area contributed by atoms with Gasteiger partial charge in [0.25, 0.3) is 0 Å². The number of nitrogens with two attached hydrogens (primary N) is 1. The van der Waals surface area contributed by atoms with E-state index < -0.39 is 0 Å². The minimum atomic E-state index is 0.557. The summed E-state index contributed by atoms with van der Waals surface area (Å²) in [4.78, 5) is 13.7. The quantitative estimate of drug-likeness (QED) is 0.668. The summed E-state index contributed by atoms with van der Waals surface area (Å²) in [5.74, 6) is 7.59. The maximum absolute atomic E-state index is 5.53. The average Bonchev–Trinajstić information content (AvgIpc) is 3.10. The highest BCUT2D eigenvalue weighted by Crippen LogP contribution is 2.33. The summed E-state index contributed by atoms with van der Waals surface area (Å²) < 4.78 is 0. The SMILES string of the molecule is Cc1csc(Cc2nc(NN)cc(C3CCCC3)n2)n1. The minimum Gasteiger partial charge on any atom is -0.308 e. The standard InChI is InChI=1S/C14H19N5S/c1-9-8-20-14(16-9)7-12-17-11(6-13(18-12)19-15)10-4-2-3-5-10/h6,8,10H,2-5,7,15H2,1H3,(H,17,18,19). The summed E-state index contributed by atoms with van der Waals surface area (Å²) in [6.07, 6.45) is 5.70. The fraction of sp³-hybridized carbons (Fsp3) is 0.500. The van der Waals surface area contributed by atoms with Gasteiger partial charge in [0.1, 0.15) is 16.6 Å². The van der Waals surface area contributed by atoms with E-state index >= 15 is 0 Å². The predicted molar refractivity (Wildman–Crippen MR) is 80.7 cm³/mol. The molecule has 0 saturated heterocycles. The van der Waals surface area contributed by atoms with Gasteiger partial charge in [0.15, 0.2) is 0 Å². The molecule has 0 amide bonds. The van der Waals surface area contributed by atoms with Gasteiger partial charge in [0, 0.05) is 28.8 Å². The molecule has 6 heteroatoms. The topological polar surface area (TPSA) is 76.7 Å². The van der Waals surface area contributed by atoms with Gasteiger partial charge in [-0.1, -0.05) is 12.8 Å². The summed E-state index contributed by atoms with van der Waals surface area (Å²) in [6.45, 7) is 2.00. The molecule has 0 unspecified atom stereocenters. The maximum atomic E-state index is 5.53. The summed E-state index contributed by atoms with van der Waals surface area (Å²) in [6, 6.07) is 1.98. The second-order valence-corrected chi connectivity index (χ2v) is 6.22. The van der Waals surface area contributed by atoms with Crippen molar-refractivity contribution in [1.82, 2.24) is 15.0 Å². The molecule has 0 radical (unpaired) electrons. The Morgan fingerprint density at radius 3 is 2.75 bits per heavy atom. The van der Waals surface area contributed by atoms with Crippen molar-refractivity contribution in [2.24, 2.45) is 5.84 Å². The number of aryl methyl sites for hydroxylation is 1. The van der Waals surface area contributed by atoms with Crippen molar-refractivity contribution in [3.63, 3.8) is 0 Å². The lowest BCUT2D eigenvalue weighted by Gasteiger charge is -2.11. The Kier molecular flexibility index (Phi) is 3.93. The highest BCUT2D eigenvalue weighted by atomic mass is 32.1. The number of hydrogen-bond donors (Lipinski definition) is 2. The molecule has 3 N–H and O–H groups in total. The minimum absolute atomic E-state index is 0.557. The van der Waals surface area contributed by atoms with Gasteiger partial charge in [-0.2, -0.15) is 0 Å². The molecule has 1 aliphatic rings. The van der Waals surface area contributed by atoms with Gasteiger partial charge in [-0.25, -0.2) is 20.8 Å². The number of nitrogen functional groups attached to an aromatic ring is 1. The second-order valence-electron chi connectivity index (χ2n) is 5.28. The van der Waals surface area contributed by atoms with Crippen LogP contribution in [0, 0.1) is 6.92 Å². The van der Waals surface area contributed by atoms with Crippen molar-refractivity contribution < 1.29 is 0 Å². The van der Waals surface area contributed by atoms with Crippen LogP contribution in [-0.2, 0) is 6.42 Å². The van der Waals surface area contributed by atoms with Crippen LogP contribution in [0.15, 0.2) is 11.4 Å². The molecule has 1 aliphatic carbocycles. The molecule has 2 aromatic rings. The molecule has 0 bridgehead atoms. The van der Waals surface area contributed by atoms with Gasteiger partial charge >= 0.3 is 0 Å². The highest BCUT2D eigenvalue weighted by molar-refractivity contribution is 7.09. The van der Waals surface area contributed by atoms with Crippen LogP contribution < -0.4 is 11.3 Å². The van der Waals surface area contributed by atoms with Gasteiger partial charge in [-0.05, 0) is 19.8 Å². The van der Waals surface area contributed by atoms with Crippen LogP contribution in [0.1, 0.15) is 53.8 Å². The van der Waals surface area contributed by atoms with Crippen molar-refractivity contribution in [3.05, 3.63) is 33.7 Å². The smallest absolute Gasteiger partial charge is 0.143 e. The largest absolute Gasteiger partial charge is 0.308 e. The molecule has 3 rings (SSSR count). The van der Waals surface area contributed by atoms with E-state index in [1.54, 1.807) is 11.3 Å². The van der Waals surface area contributed by atoms with E-state index in [9.17, 15) is 0 Å². The van der Waals surface area contributed by atoms with Gasteiger partial charge in [0.05, 0.1) is 6.42 Å². The fourth-order valence-electron chi connectivity index (χ4n) is 2.72. The van der Waals surface area contributed by atoms with E-state index in [0.29, 0.717) is 18.2 Å². The highest BCUT2D eigenvalue weighted by Gasteiger charge is 2.20. The molecule has 0 aliphatic heterocycles. The van der Waals surface area contributed by atoms with E-state index in [2.05, 4.69) is 20.8 Å². The molecule has 1 saturated carbocycles. The van der Waals surface area contributed by atoms with Gasteiger partial charge in [-0.15, -0.1) is 11.3 Å². The number of hydrazine groups is 1. The Bertz CT molecular complexity index is 589. The number of anilines is 1. The third-order valence-corrected chi connectivity index (χ3v) is 4.66. The van der Waals surface area contributed by atoms with Crippen molar-refractivity contribution in [2.75, 3.05) is 5.43 Å². The summed E-state index contributed by atoms with van der Waals surface area (Å²) in [5.41, 5.74) is 4.82. The zero-order chi connectivity index (χ0) is 13.9. The summed E-state index contributed by atoms with van der Waals surface area (Å²) in [7, 11) is 0. The van der Waals surface area contributed by atoms with E-state index in [4.69, 9.17) is 10.8 Å². The van der Waals surface area contributed by atoms with Crippen LogP contribution in [0.3, 0.4) is 0 Å². The van der Waals surface area contributed by atoms with Crippen molar-refractivity contribution >= 4 is 17.2 Å². The monoisotopic (exact) mass is 289 g/mol. The number of aromatic nitrogens is 3. The van der Waals surface area contributed by atoms with Crippen LogP contribution in [0.2, 0.25) is 0 Å². The summed E-state index contributed by atoms with van der Waals surface area (Å²) >= 11 is 1.65. The van der Waals surface area contributed by atoms with Crippen molar-refractivity contribution in [1.29, 1.82) is 0 Å². The van der Waals surface area contributed by atoms with Gasteiger partial charge in [0.2, 0.25) is 0 Å². The molecule has 0 aromatic carbocycles. The normalized spacial score (nSPS) is 15.7. The lowest BCUT2D eigenvalue weighted by molar-refractivity contribution is 0.686. The summed E-state index contributed by atoms with van der Waals surface area (Å²) in [5, 5.41) is 3.10. The van der Waals surface area contributed by atoms with Gasteiger partial charge < -0.3 is 5.43 Å². The number of nitrogens with zero attached hydrogens (tertiary/aromatic N) is 3. The Morgan fingerprint density at radius 1 is 1.30 bits per heavy atom. The zero-order valence-corrected chi connectivity index (χ0v) is 12.4. The molecule has 5 nitrogen and oxygen atoms in total. The molecule has 2 heterocycles. The predicted octanol–water partition coefficient (Wildman–Crippen LogP) is 2.78. The molecule has 0 spiro atoms. The van der Waals surface area contributed by atoms with Crippen molar-refractivity contribution in [2.45, 2.75) is 44.9 Å². The van der Waals surface area contributed by atoms with E-state index in [1.165, 1.54) is 25.7 Å². The third-order valence-electron chi connectivity index (χ3n) is 3.69. The molecule has 0 atom stereocenters. The fourth-order valence-corrected chi connectivity index (χ4v) is 3.49. The van der Waals surface area contributed by atoms with Crippen molar-refractivity contribution in [3.8, 4) is 0 Å². The maximum Gasteiger partial charge on any atom is 0.143 e. The Labute approximate surface area is 122 Å². The Balaban J connectivity index is 1.87. The number of nitrogens with one attached hydrogen (secondary N) is 1. The van der Waals surface area contributed by atoms with Crippen LogP contribution >= 0.6 is 11.3 Å². The lowest BCUT2D eigenvalue weighted by Crippen LogP contribution is -2.12. The van der Waals surface area contributed by atoms with E-state index in [0.717, 1.165) is 22.2 Å². The lowest BCUT2D eigenvalue weighted by atomic mass is 10.0. The molecule has 1 fully saturated rings. The molecular weight excluding hydrogens is 270 g/mol. The molecule has 106 valence electrons. The molecule has 20 heavy (non-hydrogen) atoms. The first kappa shape index (κ1) is 13.5. The second kappa shape index (κ2) is 5.85. The number of thiazole rings is 1. The number of rotatable bonds is 4. The first-order chi connectivity index (χ1) is 9.74. The van der Waals surface area contributed by atoms with Crippen LogP contribution in [-0.4, -0.2) is 15.0 Å². The molecule has 2 aromatic heterocycles. The van der Waals surface area contributed by atoms with Gasteiger partial charge in [-0.3, -0.25) is 0 Å². The Morgan fingerprint density at radius 2 is 2.10 bits per heavy atom. The average molecular weight is 289 g/mol. The van der Waals surface area contributed by atoms with Crippen LogP contribution in [0.25, 0.3) is 0 Å². The first-order valence-electron chi connectivity index (χ1n) is 7.00. The molecular formula is C14H19N5S. The third kappa shape index (κ3) is 2.96. The number of hydrogen-bond acceptors (Lipinski definition) is 6. The first-order valence-corrected chi connectivity index (χ1v) is 7.88. The van der Waals surface area contributed by atoms with Crippen LogP contribution in [0.4, 0.5) is 5.82 Å². The Hall–Kier alpha value is -1.53. The van der Waals surface area contributed by atoms with Crippen LogP contribution in [0.5, 0.6) is 0 Å².